The Morgan fingerprint density at radius 1 is 1.00 bits per heavy atom. The Hall–Kier alpha value is -1.98. The lowest BCUT2D eigenvalue weighted by molar-refractivity contribution is -0.0498. The highest BCUT2D eigenvalue weighted by Crippen LogP contribution is 2.20. The lowest BCUT2D eigenvalue weighted by Crippen LogP contribution is -2.24. The third-order valence-corrected chi connectivity index (χ3v) is 3.41. The zero-order chi connectivity index (χ0) is 15.9. The number of aliphatic hydroxyl groups is 1. The molecule has 0 heterocycles. The van der Waals surface area contributed by atoms with Crippen molar-refractivity contribution in [2.75, 3.05) is 6.54 Å². The summed E-state index contributed by atoms with van der Waals surface area (Å²) >= 11 is 0. The number of rotatable bonds is 7. The summed E-state index contributed by atoms with van der Waals surface area (Å²) in [6.45, 7) is -0.469. The molecule has 0 spiro atoms. The summed E-state index contributed by atoms with van der Waals surface area (Å²) in [6.07, 6.45) is -0.593. The molecular formula is C17H19F2NO2. The molecule has 0 aliphatic heterocycles. The van der Waals surface area contributed by atoms with Crippen LogP contribution in [-0.2, 0) is 0 Å². The maximum atomic E-state index is 12.1. The van der Waals surface area contributed by atoms with Crippen LogP contribution in [0.4, 0.5) is 8.78 Å². The number of ether oxygens (including phenoxy) is 1. The van der Waals surface area contributed by atoms with E-state index in [2.05, 4.69) is 10.1 Å². The van der Waals surface area contributed by atoms with Crippen LogP contribution in [0, 0.1) is 0 Å². The zero-order valence-electron chi connectivity index (χ0n) is 12.2. The first-order valence-corrected chi connectivity index (χ1v) is 7.07. The Labute approximate surface area is 128 Å². The van der Waals surface area contributed by atoms with Crippen molar-refractivity contribution < 1.29 is 18.6 Å². The first kappa shape index (κ1) is 16.4. The lowest BCUT2D eigenvalue weighted by Gasteiger charge is -2.18. The highest BCUT2D eigenvalue weighted by Gasteiger charge is 2.11. The van der Waals surface area contributed by atoms with E-state index in [0.717, 1.165) is 11.1 Å². The fourth-order valence-electron chi connectivity index (χ4n) is 2.14. The van der Waals surface area contributed by atoms with Gasteiger partial charge in [0.25, 0.3) is 0 Å². The smallest absolute Gasteiger partial charge is 0.387 e. The Balaban J connectivity index is 1.88. The van der Waals surface area contributed by atoms with Crippen LogP contribution in [0.1, 0.15) is 30.2 Å². The fraction of sp³-hybridized carbons (Fsp3) is 0.294. The molecule has 0 aliphatic carbocycles. The van der Waals surface area contributed by atoms with Gasteiger partial charge < -0.3 is 15.2 Å². The van der Waals surface area contributed by atoms with Crippen LogP contribution >= 0.6 is 0 Å². The van der Waals surface area contributed by atoms with E-state index >= 15 is 0 Å². The molecule has 0 radical (unpaired) electrons. The van der Waals surface area contributed by atoms with Gasteiger partial charge in [-0.1, -0.05) is 42.5 Å². The predicted octanol–water partition coefficient (Wildman–Crippen LogP) is 3.67. The average Bonchev–Trinajstić information content (AvgIpc) is 2.53. The summed E-state index contributed by atoms with van der Waals surface area (Å²) in [5.74, 6) is 0.135. The van der Waals surface area contributed by atoms with E-state index in [1.807, 2.05) is 37.3 Å². The summed E-state index contributed by atoms with van der Waals surface area (Å²) < 4.78 is 28.5. The second-order valence-corrected chi connectivity index (χ2v) is 5.00. The van der Waals surface area contributed by atoms with E-state index in [-0.39, 0.29) is 11.8 Å². The fourth-order valence-corrected chi connectivity index (χ4v) is 2.14. The quantitative estimate of drug-likeness (QED) is 0.820. The van der Waals surface area contributed by atoms with E-state index in [4.69, 9.17) is 0 Å². The molecule has 2 rings (SSSR count). The third-order valence-electron chi connectivity index (χ3n) is 3.41. The van der Waals surface area contributed by atoms with E-state index in [0.29, 0.717) is 6.54 Å². The predicted molar refractivity (Wildman–Crippen MR) is 80.9 cm³/mol. The SMILES string of the molecule is CC(NCC(O)c1ccccc1)c1ccc(OC(F)F)cc1. The summed E-state index contributed by atoms with van der Waals surface area (Å²) in [4.78, 5) is 0. The molecule has 3 nitrogen and oxygen atoms in total. The number of aliphatic hydroxyl groups excluding tert-OH is 1. The number of hydrogen-bond donors (Lipinski definition) is 2. The van der Waals surface area contributed by atoms with Crippen LogP contribution in [-0.4, -0.2) is 18.3 Å². The monoisotopic (exact) mass is 307 g/mol. The van der Waals surface area contributed by atoms with Crippen molar-refractivity contribution in [1.82, 2.24) is 5.32 Å². The molecule has 118 valence electrons. The van der Waals surface area contributed by atoms with Crippen molar-refractivity contribution in [2.45, 2.75) is 25.7 Å². The number of halogens is 2. The molecule has 2 aromatic carbocycles. The van der Waals surface area contributed by atoms with Gasteiger partial charge in [0.2, 0.25) is 0 Å². The van der Waals surface area contributed by atoms with Gasteiger partial charge in [-0.15, -0.1) is 0 Å². The van der Waals surface area contributed by atoms with Gasteiger partial charge in [-0.25, -0.2) is 0 Å². The molecule has 0 saturated heterocycles. The van der Waals surface area contributed by atoms with Crippen molar-refractivity contribution in [2.24, 2.45) is 0 Å². The maximum Gasteiger partial charge on any atom is 0.387 e. The molecular weight excluding hydrogens is 288 g/mol. The second-order valence-electron chi connectivity index (χ2n) is 5.00. The van der Waals surface area contributed by atoms with Gasteiger partial charge in [0.1, 0.15) is 5.75 Å². The molecule has 0 bridgehead atoms. The van der Waals surface area contributed by atoms with E-state index in [9.17, 15) is 13.9 Å². The largest absolute Gasteiger partial charge is 0.435 e. The molecule has 5 heteroatoms. The van der Waals surface area contributed by atoms with Gasteiger partial charge in [0.05, 0.1) is 6.10 Å². The highest BCUT2D eigenvalue weighted by atomic mass is 19.3. The molecule has 0 saturated carbocycles. The average molecular weight is 307 g/mol. The van der Waals surface area contributed by atoms with Crippen LogP contribution in [0.25, 0.3) is 0 Å². The van der Waals surface area contributed by atoms with Crippen molar-refractivity contribution in [3.05, 3.63) is 65.7 Å². The molecule has 0 fully saturated rings. The Kier molecular flexibility index (Phi) is 5.86. The van der Waals surface area contributed by atoms with Crippen molar-refractivity contribution in [3.63, 3.8) is 0 Å². The topological polar surface area (TPSA) is 41.5 Å². The molecule has 0 aromatic heterocycles. The first-order valence-electron chi connectivity index (χ1n) is 7.07. The van der Waals surface area contributed by atoms with Crippen LogP contribution in [0.3, 0.4) is 0 Å². The van der Waals surface area contributed by atoms with Crippen LogP contribution in [0.2, 0.25) is 0 Å². The lowest BCUT2D eigenvalue weighted by atomic mass is 10.1. The van der Waals surface area contributed by atoms with Gasteiger partial charge in [-0.3, -0.25) is 0 Å². The zero-order valence-corrected chi connectivity index (χ0v) is 12.2. The Morgan fingerprint density at radius 3 is 2.23 bits per heavy atom. The molecule has 0 aliphatic rings. The van der Waals surface area contributed by atoms with Crippen molar-refractivity contribution in [3.8, 4) is 5.75 Å². The second kappa shape index (κ2) is 7.87. The molecule has 0 amide bonds. The minimum atomic E-state index is -2.82. The van der Waals surface area contributed by atoms with Crippen LogP contribution < -0.4 is 10.1 Å². The maximum absolute atomic E-state index is 12.1. The number of nitrogens with one attached hydrogen (secondary N) is 1. The standard InChI is InChI=1S/C17H19F2NO2/c1-12(13-7-9-15(10-8-13)22-17(18)19)20-11-16(21)14-5-3-2-4-6-14/h2-10,12,16-17,20-21H,11H2,1H3. The van der Waals surface area contributed by atoms with E-state index in [1.165, 1.54) is 12.1 Å². The van der Waals surface area contributed by atoms with Crippen molar-refractivity contribution in [1.29, 1.82) is 0 Å². The van der Waals surface area contributed by atoms with Gasteiger partial charge >= 0.3 is 6.61 Å². The Morgan fingerprint density at radius 2 is 1.64 bits per heavy atom. The molecule has 22 heavy (non-hydrogen) atoms. The van der Waals surface area contributed by atoms with Crippen molar-refractivity contribution >= 4 is 0 Å². The van der Waals surface area contributed by atoms with Gasteiger partial charge in [-0.05, 0) is 30.2 Å². The molecule has 2 atom stereocenters. The van der Waals surface area contributed by atoms with Gasteiger partial charge in [-0.2, -0.15) is 8.78 Å². The van der Waals surface area contributed by atoms with Gasteiger partial charge in [0.15, 0.2) is 0 Å². The summed E-state index contributed by atoms with van der Waals surface area (Å²) in [5.41, 5.74) is 1.78. The first-order chi connectivity index (χ1) is 10.6. The molecule has 2 unspecified atom stereocenters. The van der Waals surface area contributed by atoms with Crippen LogP contribution in [0.5, 0.6) is 5.75 Å². The highest BCUT2D eigenvalue weighted by molar-refractivity contribution is 5.29. The summed E-state index contributed by atoms with van der Waals surface area (Å²) in [5, 5.41) is 13.3. The molecule has 2 N–H and O–H groups in total. The van der Waals surface area contributed by atoms with E-state index < -0.39 is 12.7 Å². The Bertz CT molecular complexity index is 561. The normalized spacial score (nSPS) is 13.9. The summed E-state index contributed by atoms with van der Waals surface area (Å²) in [7, 11) is 0. The minimum Gasteiger partial charge on any atom is -0.435 e. The number of hydrogen-bond acceptors (Lipinski definition) is 3. The van der Waals surface area contributed by atoms with E-state index in [1.54, 1.807) is 12.1 Å². The third kappa shape index (κ3) is 4.79. The summed E-state index contributed by atoms with van der Waals surface area (Å²) in [6, 6.07) is 15.8. The minimum absolute atomic E-state index is 0.0148. The number of benzene rings is 2. The van der Waals surface area contributed by atoms with Crippen LogP contribution in [0.15, 0.2) is 54.6 Å². The van der Waals surface area contributed by atoms with Gasteiger partial charge in [0, 0.05) is 12.6 Å². The molecule has 2 aromatic rings. The number of alkyl halides is 2.